The number of fused-ring (bicyclic) bond motifs is 1. The summed E-state index contributed by atoms with van der Waals surface area (Å²) in [6, 6.07) is 8.50. The summed E-state index contributed by atoms with van der Waals surface area (Å²) in [5, 5.41) is 3.32. The van der Waals surface area contributed by atoms with Crippen LogP contribution in [0.2, 0.25) is 0 Å². The van der Waals surface area contributed by atoms with Crippen molar-refractivity contribution in [1.82, 2.24) is 10.2 Å². The standard InChI is InChI=1S/C14H20N2O/c1-10(2)16(3)14(17)13-8-11-6-4-5-7-12(11)9-15-13/h4-7,10,13,15H,8-9H2,1-3H3/t13-/m0/s1. The van der Waals surface area contributed by atoms with Gasteiger partial charge in [0.1, 0.15) is 0 Å². The van der Waals surface area contributed by atoms with Crippen molar-refractivity contribution in [3.63, 3.8) is 0 Å². The first-order chi connectivity index (χ1) is 8.09. The van der Waals surface area contributed by atoms with Crippen LogP contribution in [0, 0.1) is 0 Å². The Kier molecular flexibility index (Phi) is 3.48. The average molecular weight is 232 g/mol. The molecule has 0 fully saturated rings. The maximum atomic E-state index is 12.2. The predicted octanol–water partition coefficient (Wildman–Crippen LogP) is 1.57. The Morgan fingerprint density at radius 1 is 1.35 bits per heavy atom. The molecule has 1 atom stereocenters. The number of likely N-dealkylation sites (N-methyl/N-ethyl adjacent to an activating group) is 1. The van der Waals surface area contributed by atoms with Gasteiger partial charge in [-0.2, -0.15) is 0 Å². The SMILES string of the molecule is CC(C)N(C)C(=O)[C@@H]1Cc2ccccc2CN1. The molecule has 1 aliphatic rings. The summed E-state index contributed by atoms with van der Waals surface area (Å²) < 4.78 is 0. The highest BCUT2D eigenvalue weighted by atomic mass is 16.2. The Labute approximate surface area is 103 Å². The minimum atomic E-state index is -0.0719. The van der Waals surface area contributed by atoms with Crippen molar-refractivity contribution >= 4 is 5.91 Å². The molecule has 0 aliphatic carbocycles. The topological polar surface area (TPSA) is 32.3 Å². The number of benzene rings is 1. The fraction of sp³-hybridized carbons (Fsp3) is 0.500. The minimum Gasteiger partial charge on any atom is -0.342 e. The monoisotopic (exact) mass is 232 g/mol. The molecular weight excluding hydrogens is 212 g/mol. The summed E-state index contributed by atoms with van der Waals surface area (Å²) in [6.45, 7) is 4.86. The summed E-state index contributed by atoms with van der Waals surface area (Å²) in [6.07, 6.45) is 0.798. The van der Waals surface area contributed by atoms with Crippen LogP contribution in [0.5, 0.6) is 0 Å². The molecule has 0 saturated heterocycles. The number of hydrogen-bond donors (Lipinski definition) is 1. The van der Waals surface area contributed by atoms with E-state index >= 15 is 0 Å². The quantitative estimate of drug-likeness (QED) is 0.839. The summed E-state index contributed by atoms with van der Waals surface area (Å²) >= 11 is 0. The molecule has 1 heterocycles. The fourth-order valence-corrected chi connectivity index (χ4v) is 2.13. The van der Waals surface area contributed by atoms with Crippen molar-refractivity contribution in [2.24, 2.45) is 0 Å². The number of amides is 1. The minimum absolute atomic E-state index is 0.0719. The smallest absolute Gasteiger partial charge is 0.240 e. The lowest BCUT2D eigenvalue weighted by atomic mass is 9.95. The second-order valence-electron chi connectivity index (χ2n) is 4.95. The van der Waals surface area contributed by atoms with Gasteiger partial charge in [-0.3, -0.25) is 4.79 Å². The molecule has 92 valence electrons. The zero-order valence-electron chi connectivity index (χ0n) is 10.7. The number of carbonyl (C=O) groups excluding carboxylic acids is 1. The lowest BCUT2D eigenvalue weighted by molar-refractivity contribution is -0.133. The Morgan fingerprint density at radius 3 is 2.65 bits per heavy atom. The second-order valence-corrected chi connectivity index (χ2v) is 4.95. The fourth-order valence-electron chi connectivity index (χ4n) is 2.13. The number of carbonyl (C=O) groups is 1. The molecule has 17 heavy (non-hydrogen) atoms. The Morgan fingerprint density at radius 2 is 2.00 bits per heavy atom. The van der Waals surface area contributed by atoms with Crippen LogP contribution in [0.4, 0.5) is 0 Å². The molecule has 2 rings (SSSR count). The van der Waals surface area contributed by atoms with Crippen molar-refractivity contribution in [2.45, 2.75) is 38.9 Å². The van der Waals surface area contributed by atoms with Gasteiger partial charge >= 0.3 is 0 Å². The molecule has 1 aliphatic heterocycles. The molecule has 0 bridgehead atoms. The van der Waals surface area contributed by atoms with Gasteiger partial charge in [0.25, 0.3) is 0 Å². The third-order valence-corrected chi connectivity index (χ3v) is 3.50. The van der Waals surface area contributed by atoms with Gasteiger partial charge in [-0.15, -0.1) is 0 Å². The van der Waals surface area contributed by atoms with Crippen LogP contribution in [-0.4, -0.2) is 29.9 Å². The maximum absolute atomic E-state index is 12.2. The Bertz CT molecular complexity index is 414. The molecule has 0 aromatic heterocycles. The van der Waals surface area contributed by atoms with Gasteiger partial charge in [-0.05, 0) is 31.4 Å². The molecule has 3 nitrogen and oxygen atoms in total. The lowest BCUT2D eigenvalue weighted by Crippen LogP contribution is -2.50. The maximum Gasteiger partial charge on any atom is 0.240 e. The van der Waals surface area contributed by atoms with Crippen molar-refractivity contribution < 1.29 is 4.79 Å². The zero-order valence-corrected chi connectivity index (χ0v) is 10.7. The van der Waals surface area contributed by atoms with Crippen LogP contribution in [0.15, 0.2) is 24.3 Å². The van der Waals surface area contributed by atoms with Crippen LogP contribution in [0.3, 0.4) is 0 Å². The van der Waals surface area contributed by atoms with Gasteiger partial charge in [0.15, 0.2) is 0 Å². The van der Waals surface area contributed by atoms with E-state index in [1.54, 1.807) is 0 Å². The van der Waals surface area contributed by atoms with Crippen LogP contribution < -0.4 is 5.32 Å². The van der Waals surface area contributed by atoms with E-state index in [0.717, 1.165) is 13.0 Å². The molecule has 1 amide bonds. The van der Waals surface area contributed by atoms with Gasteiger partial charge in [0.05, 0.1) is 6.04 Å². The van der Waals surface area contributed by atoms with Crippen LogP contribution in [0.25, 0.3) is 0 Å². The van der Waals surface area contributed by atoms with Gasteiger partial charge in [-0.1, -0.05) is 24.3 Å². The number of nitrogens with zero attached hydrogens (tertiary/aromatic N) is 1. The van der Waals surface area contributed by atoms with E-state index in [2.05, 4.69) is 17.4 Å². The average Bonchev–Trinajstić information content (AvgIpc) is 2.36. The van der Waals surface area contributed by atoms with Gasteiger partial charge in [0.2, 0.25) is 5.91 Å². The molecule has 0 saturated carbocycles. The molecule has 0 spiro atoms. The van der Waals surface area contributed by atoms with Crippen LogP contribution in [-0.2, 0) is 17.8 Å². The summed E-state index contributed by atoms with van der Waals surface area (Å²) in [4.78, 5) is 14.0. The Balaban J connectivity index is 2.10. The lowest BCUT2D eigenvalue weighted by Gasteiger charge is -2.30. The predicted molar refractivity (Wildman–Crippen MR) is 68.7 cm³/mol. The summed E-state index contributed by atoms with van der Waals surface area (Å²) in [5.41, 5.74) is 2.60. The molecule has 3 heteroatoms. The molecule has 0 unspecified atom stereocenters. The molecule has 1 N–H and O–H groups in total. The van der Waals surface area contributed by atoms with E-state index < -0.39 is 0 Å². The second kappa shape index (κ2) is 4.88. The first-order valence-electron chi connectivity index (χ1n) is 6.16. The van der Waals surface area contributed by atoms with Crippen molar-refractivity contribution in [1.29, 1.82) is 0 Å². The van der Waals surface area contributed by atoms with E-state index in [-0.39, 0.29) is 18.0 Å². The zero-order chi connectivity index (χ0) is 12.4. The van der Waals surface area contributed by atoms with Gasteiger partial charge in [0, 0.05) is 19.6 Å². The summed E-state index contributed by atoms with van der Waals surface area (Å²) in [5.74, 6) is 0.189. The van der Waals surface area contributed by atoms with E-state index in [1.807, 2.05) is 37.9 Å². The van der Waals surface area contributed by atoms with Crippen molar-refractivity contribution in [2.75, 3.05) is 7.05 Å². The molecule has 1 aromatic rings. The van der Waals surface area contributed by atoms with Crippen molar-refractivity contribution in [3.8, 4) is 0 Å². The van der Waals surface area contributed by atoms with Crippen molar-refractivity contribution in [3.05, 3.63) is 35.4 Å². The molecular formula is C14H20N2O. The number of hydrogen-bond acceptors (Lipinski definition) is 2. The Hall–Kier alpha value is -1.35. The first kappa shape index (κ1) is 12.1. The van der Waals surface area contributed by atoms with Crippen LogP contribution in [0.1, 0.15) is 25.0 Å². The van der Waals surface area contributed by atoms with E-state index in [0.29, 0.717) is 0 Å². The third-order valence-electron chi connectivity index (χ3n) is 3.50. The highest BCUT2D eigenvalue weighted by molar-refractivity contribution is 5.82. The normalized spacial score (nSPS) is 18.9. The van der Waals surface area contributed by atoms with E-state index in [9.17, 15) is 4.79 Å². The first-order valence-corrected chi connectivity index (χ1v) is 6.16. The number of rotatable bonds is 2. The third kappa shape index (κ3) is 2.50. The number of nitrogens with one attached hydrogen (secondary N) is 1. The van der Waals surface area contributed by atoms with Crippen LogP contribution >= 0.6 is 0 Å². The van der Waals surface area contributed by atoms with Gasteiger partial charge < -0.3 is 10.2 Å². The largest absolute Gasteiger partial charge is 0.342 e. The summed E-state index contributed by atoms with van der Waals surface area (Å²) in [7, 11) is 1.87. The molecule has 1 aromatic carbocycles. The highest BCUT2D eigenvalue weighted by Gasteiger charge is 2.26. The van der Waals surface area contributed by atoms with E-state index in [4.69, 9.17) is 0 Å². The highest BCUT2D eigenvalue weighted by Crippen LogP contribution is 2.17. The van der Waals surface area contributed by atoms with E-state index in [1.165, 1.54) is 11.1 Å². The van der Waals surface area contributed by atoms with Gasteiger partial charge in [-0.25, -0.2) is 0 Å². The molecule has 0 radical (unpaired) electrons.